The zero-order valence-electron chi connectivity index (χ0n) is 5.39. The van der Waals surface area contributed by atoms with Gasteiger partial charge >= 0.3 is 0 Å². The van der Waals surface area contributed by atoms with E-state index in [1.807, 2.05) is 0 Å². The van der Waals surface area contributed by atoms with Gasteiger partial charge in [-0.15, -0.1) is 9.60 Å². The van der Waals surface area contributed by atoms with Gasteiger partial charge < -0.3 is 5.11 Å². The van der Waals surface area contributed by atoms with Gasteiger partial charge in [-0.05, 0) is 18.8 Å². The lowest BCUT2D eigenvalue weighted by atomic mass is 10.0. The number of hydrogen-bond acceptors (Lipinski definition) is 2. The van der Waals surface area contributed by atoms with E-state index in [1.165, 1.54) is 0 Å². The van der Waals surface area contributed by atoms with E-state index in [2.05, 4.69) is 0 Å². The largest absolute Gasteiger partial charge is 0.396 e. The Morgan fingerprint density at radius 3 is 2.89 bits per heavy atom. The van der Waals surface area contributed by atoms with E-state index < -0.39 is 0 Å². The Kier molecular flexibility index (Phi) is 2.42. The highest BCUT2D eigenvalue weighted by molar-refractivity contribution is 4.66. The standard InChI is InChI=1S/C6H12FNO/c7-8-3-1-2-6(4-8)5-9/h6,9H,1-5H2. The molecule has 1 unspecified atom stereocenters. The maximum atomic E-state index is 12.3. The number of piperidine rings is 1. The van der Waals surface area contributed by atoms with Crippen molar-refractivity contribution in [2.45, 2.75) is 12.8 Å². The third-order valence-corrected chi connectivity index (χ3v) is 1.73. The molecule has 0 aromatic carbocycles. The lowest BCUT2D eigenvalue weighted by Crippen LogP contribution is -2.30. The van der Waals surface area contributed by atoms with Crippen molar-refractivity contribution in [3.8, 4) is 0 Å². The molecule has 9 heavy (non-hydrogen) atoms. The maximum Gasteiger partial charge on any atom is 0.0472 e. The number of halogens is 1. The highest BCUT2D eigenvalue weighted by Gasteiger charge is 2.17. The number of hydrogen-bond donors (Lipinski definition) is 1. The summed E-state index contributed by atoms with van der Waals surface area (Å²) in [6.07, 6.45) is 1.85. The maximum absolute atomic E-state index is 12.3. The fraction of sp³-hybridized carbons (Fsp3) is 1.00. The van der Waals surface area contributed by atoms with Gasteiger partial charge in [-0.3, -0.25) is 0 Å². The molecule has 0 amide bonds. The smallest absolute Gasteiger partial charge is 0.0472 e. The second-order valence-corrected chi connectivity index (χ2v) is 2.56. The van der Waals surface area contributed by atoms with E-state index in [0.29, 0.717) is 13.1 Å². The predicted molar refractivity (Wildman–Crippen MR) is 32.5 cm³/mol. The zero-order chi connectivity index (χ0) is 6.69. The SMILES string of the molecule is OCC1CCCN(F)C1. The molecule has 1 atom stereocenters. The highest BCUT2D eigenvalue weighted by atomic mass is 19.2. The topological polar surface area (TPSA) is 23.5 Å². The minimum atomic E-state index is 0.125. The fourth-order valence-corrected chi connectivity index (χ4v) is 1.16. The van der Waals surface area contributed by atoms with Gasteiger partial charge in [0.1, 0.15) is 0 Å². The van der Waals surface area contributed by atoms with Crippen molar-refractivity contribution < 1.29 is 9.59 Å². The van der Waals surface area contributed by atoms with E-state index >= 15 is 0 Å². The Morgan fingerprint density at radius 1 is 1.67 bits per heavy atom. The molecule has 1 heterocycles. The molecule has 1 saturated heterocycles. The molecule has 0 aromatic rings. The van der Waals surface area contributed by atoms with Crippen LogP contribution in [0.25, 0.3) is 0 Å². The number of aliphatic hydroxyl groups excluding tert-OH is 1. The summed E-state index contributed by atoms with van der Waals surface area (Å²) in [6.45, 7) is 1.08. The van der Waals surface area contributed by atoms with Crippen LogP contribution in [0.15, 0.2) is 0 Å². The van der Waals surface area contributed by atoms with Gasteiger partial charge in [-0.1, -0.05) is 0 Å². The van der Waals surface area contributed by atoms with Gasteiger partial charge in [-0.25, -0.2) is 0 Å². The Labute approximate surface area is 54.2 Å². The van der Waals surface area contributed by atoms with Crippen LogP contribution >= 0.6 is 0 Å². The van der Waals surface area contributed by atoms with E-state index in [0.717, 1.165) is 18.0 Å². The fourth-order valence-electron chi connectivity index (χ4n) is 1.16. The third-order valence-electron chi connectivity index (χ3n) is 1.73. The summed E-state index contributed by atoms with van der Waals surface area (Å²) < 4.78 is 12.3. The summed E-state index contributed by atoms with van der Waals surface area (Å²) in [6, 6.07) is 0. The molecule has 1 aliphatic rings. The van der Waals surface area contributed by atoms with Crippen molar-refractivity contribution in [2.24, 2.45) is 5.92 Å². The van der Waals surface area contributed by atoms with Crippen LogP contribution < -0.4 is 0 Å². The Balaban J connectivity index is 2.23. The first-order valence-corrected chi connectivity index (χ1v) is 3.34. The quantitative estimate of drug-likeness (QED) is 0.529. The number of nitrogens with zero attached hydrogens (tertiary/aromatic N) is 1. The molecule has 0 aliphatic carbocycles. The number of rotatable bonds is 1. The molecule has 3 heteroatoms. The lowest BCUT2D eigenvalue weighted by molar-refractivity contribution is -0.0268. The molecule has 1 fully saturated rings. The highest BCUT2D eigenvalue weighted by Crippen LogP contribution is 2.15. The summed E-state index contributed by atoms with van der Waals surface area (Å²) >= 11 is 0. The van der Waals surface area contributed by atoms with E-state index in [9.17, 15) is 4.48 Å². The molecule has 1 rings (SSSR count). The molecule has 0 bridgehead atoms. The molecule has 1 N–H and O–H groups in total. The zero-order valence-corrected chi connectivity index (χ0v) is 5.39. The molecule has 54 valence electrons. The number of aliphatic hydroxyl groups is 1. The van der Waals surface area contributed by atoms with E-state index in [1.54, 1.807) is 0 Å². The van der Waals surface area contributed by atoms with Crippen LogP contribution in [0, 0.1) is 5.92 Å². The molecule has 0 saturated carbocycles. The van der Waals surface area contributed by atoms with Crippen molar-refractivity contribution in [3.63, 3.8) is 0 Å². The summed E-state index contributed by atoms with van der Waals surface area (Å²) in [4.78, 5) is 0. The average molecular weight is 133 g/mol. The van der Waals surface area contributed by atoms with Crippen LogP contribution in [0.4, 0.5) is 4.48 Å². The van der Waals surface area contributed by atoms with Crippen LogP contribution in [-0.2, 0) is 0 Å². The van der Waals surface area contributed by atoms with Gasteiger partial charge in [0.25, 0.3) is 0 Å². The first-order chi connectivity index (χ1) is 4.33. The average Bonchev–Trinajstić information content (AvgIpc) is 1.88. The van der Waals surface area contributed by atoms with Crippen molar-refractivity contribution in [1.82, 2.24) is 5.12 Å². The predicted octanol–water partition coefficient (Wildman–Crippen LogP) is 0.575. The van der Waals surface area contributed by atoms with Crippen molar-refractivity contribution >= 4 is 0 Å². The summed E-state index contributed by atoms with van der Waals surface area (Å²) in [5.74, 6) is 0.170. The van der Waals surface area contributed by atoms with Gasteiger partial charge in [-0.2, -0.15) is 0 Å². The molecular weight excluding hydrogens is 121 g/mol. The van der Waals surface area contributed by atoms with Crippen molar-refractivity contribution in [1.29, 1.82) is 0 Å². The molecular formula is C6H12FNO. The lowest BCUT2D eigenvalue weighted by Gasteiger charge is -2.24. The molecule has 1 aliphatic heterocycles. The van der Waals surface area contributed by atoms with Crippen LogP contribution in [0.5, 0.6) is 0 Å². The van der Waals surface area contributed by atoms with Gasteiger partial charge in [0, 0.05) is 19.7 Å². The van der Waals surface area contributed by atoms with Crippen molar-refractivity contribution in [3.05, 3.63) is 0 Å². The summed E-state index contributed by atoms with van der Waals surface area (Å²) in [5, 5.41) is 9.40. The van der Waals surface area contributed by atoms with Crippen LogP contribution in [0.1, 0.15) is 12.8 Å². The monoisotopic (exact) mass is 133 g/mol. The second-order valence-electron chi connectivity index (χ2n) is 2.56. The summed E-state index contributed by atoms with van der Waals surface area (Å²) in [5.41, 5.74) is 0. The third kappa shape index (κ3) is 1.91. The molecule has 0 spiro atoms. The molecule has 0 radical (unpaired) electrons. The van der Waals surface area contributed by atoms with E-state index in [4.69, 9.17) is 5.11 Å². The van der Waals surface area contributed by atoms with Gasteiger partial charge in [0.15, 0.2) is 0 Å². The minimum absolute atomic E-state index is 0.125. The normalized spacial score (nSPS) is 30.7. The van der Waals surface area contributed by atoms with Gasteiger partial charge in [0.05, 0.1) is 0 Å². The summed E-state index contributed by atoms with van der Waals surface area (Å²) in [7, 11) is 0. The van der Waals surface area contributed by atoms with Gasteiger partial charge in [0.2, 0.25) is 0 Å². The molecule has 2 nitrogen and oxygen atoms in total. The Bertz CT molecular complexity index is 89.1. The Morgan fingerprint density at radius 2 is 2.44 bits per heavy atom. The second kappa shape index (κ2) is 3.13. The van der Waals surface area contributed by atoms with E-state index in [-0.39, 0.29) is 12.5 Å². The first-order valence-electron chi connectivity index (χ1n) is 3.34. The molecule has 0 aromatic heterocycles. The van der Waals surface area contributed by atoms with Crippen LogP contribution in [-0.4, -0.2) is 29.9 Å². The first kappa shape index (κ1) is 6.96. The van der Waals surface area contributed by atoms with Crippen molar-refractivity contribution in [2.75, 3.05) is 19.7 Å². The van der Waals surface area contributed by atoms with Crippen LogP contribution in [0.3, 0.4) is 0 Å². The Hall–Kier alpha value is -0.150. The van der Waals surface area contributed by atoms with Crippen LogP contribution in [0.2, 0.25) is 0 Å². The minimum Gasteiger partial charge on any atom is -0.396 e.